The number of nitrogens with one attached hydrogen (secondary N) is 1. The molecule has 6 rings (SSSR count). The van der Waals surface area contributed by atoms with Gasteiger partial charge < -0.3 is 19.9 Å². The van der Waals surface area contributed by atoms with E-state index in [0.717, 1.165) is 31.6 Å². The number of nitro benzene ring substituents is 1. The number of nitro groups is 1. The van der Waals surface area contributed by atoms with Crippen LogP contribution in [0.5, 0.6) is 0 Å². The van der Waals surface area contributed by atoms with Gasteiger partial charge in [0.25, 0.3) is 5.69 Å². The number of carbonyl (C=O) groups excluding carboxylic acids is 5. The first-order valence-corrected chi connectivity index (χ1v) is 17.4. The first-order chi connectivity index (χ1) is 23.7. The molecule has 18 heteroatoms. The number of fused-ring (bicyclic) bond motifs is 1. The predicted octanol–water partition coefficient (Wildman–Crippen LogP) is 1.14. The van der Waals surface area contributed by atoms with Gasteiger partial charge >= 0.3 is 11.9 Å². The molecule has 0 spiro atoms. The second-order valence-electron chi connectivity index (χ2n) is 13.6. The van der Waals surface area contributed by atoms with Gasteiger partial charge in [0.05, 0.1) is 28.5 Å². The van der Waals surface area contributed by atoms with Crippen molar-refractivity contribution >= 4 is 47.1 Å². The van der Waals surface area contributed by atoms with Crippen molar-refractivity contribution in [3.05, 3.63) is 56.4 Å². The third-order valence-electron chi connectivity index (χ3n) is 10.0. The van der Waals surface area contributed by atoms with Gasteiger partial charge in [-0.3, -0.25) is 29.4 Å². The highest BCUT2D eigenvalue weighted by molar-refractivity contribution is 8.03. The molecule has 0 radical (unpaired) electrons. The quantitative estimate of drug-likeness (QED) is 0.121. The van der Waals surface area contributed by atoms with E-state index < -0.39 is 46.7 Å². The minimum absolute atomic E-state index is 0.0438. The summed E-state index contributed by atoms with van der Waals surface area (Å²) in [5.41, 5.74) is -0.346. The topological polar surface area (TPSA) is 203 Å². The van der Waals surface area contributed by atoms with E-state index in [1.165, 1.54) is 33.5 Å². The van der Waals surface area contributed by atoms with Crippen molar-refractivity contribution in [1.29, 1.82) is 0 Å². The maximum atomic E-state index is 13.8. The molecule has 1 aromatic carbocycles. The maximum absolute atomic E-state index is 13.8. The summed E-state index contributed by atoms with van der Waals surface area (Å²) in [5, 5.41) is 24.9. The second kappa shape index (κ2) is 13.9. The molecule has 7 atom stereocenters. The number of benzene rings is 1. The lowest BCUT2D eigenvalue weighted by molar-refractivity contribution is -0.384. The van der Waals surface area contributed by atoms with Gasteiger partial charge in [-0.2, -0.15) is 0 Å². The SMILES string of the molecule is Cc1nnnn1CC(=O)N[C@H](C)C1C(=O)N2C(C(=O)OC(=O)c3ccc([N+](=O)[O-])cc3)=C(S[C@H]3C[C@@H](C(=O)N4CC[C@@H](C)C4)N(C)C3)[C@H](C)C12. The van der Waals surface area contributed by atoms with Crippen molar-refractivity contribution in [1.82, 2.24) is 40.2 Å². The molecule has 4 aliphatic heterocycles. The number of esters is 2. The number of aromatic nitrogens is 4. The summed E-state index contributed by atoms with van der Waals surface area (Å²) >= 11 is 1.41. The summed E-state index contributed by atoms with van der Waals surface area (Å²) in [7, 11) is 1.90. The number of hydrogen-bond acceptors (Lipinski definition) is 13. The van der Waals surface area contributed by atoms with Gasteiger partial charge in [0.2, 0.25) is 17.7 Å². The number of nitrogens with zero attached hydrogens (tertiary/aromatic N) is 8. The van der Waals surface area contributed by atoms with E-state index in [-0.39, 0.29) is 46.6 Å². The van der Waals surface area contributed by atoms with Gasteiger partial charge in [0.15, 0.2) is 0 Å². The Morgan fingerprint density at radius 3 is 2.48 bits per heavy atom. The van der Waals surface area contributed by atoms with E-state index in [0.29, 0.717) is 29.6 Å². The van der Waals surface area contributed by atoms with Crippen LogP contribution in [0.2, 0.25) is 0 Å². The fraction of sp³-hybridized carbons (Fsp3) is 0.562. The molecule has 1 aromatic heterocycles. The van der Waals surface area contributed by atoms with Crippen molar-refractivity contribution in [2.24, 2.45) is 17.8 Å². The van der Waals surface area contributed by atoms with E-state index in [9.17, 15) is 34.1 Å². The Labute approximate surface area is 291 Å². The molecule has 3 fully saturated rings. The third-order valence-corrected chi connectivity index (χ3v) is 11.5. The maximum Gasteiger partial charge on any atom is 0.363 e. The molecule has 2 aromatic rings. The Bertz CT molecular complexity index is 1760. The van der Waals surface area contributed by atoms with Gasteiger partial charge in [0, 0.05) is 53.9 Å². The van der Waals surface area contributed by atoms with Crippen molar-refractivity contribution < 1.29 is 33.6 Å². The average Bonchev–Trinajstić information content (AvgIpc) is 3.83. The van der Waals surface area contributed by atoms with Crippen LogP contribution in [0.25, 0.3) is 0 Å². The van der Waals surface area contributed by atoms with Crippen molar-refractivity contribution in [3.8, 4) is 0 Å². The standard InChI is InChI=1S/C32H39N9O8S/c1-16-10-11-38(13-16)29(43)23-12-22(14-37(23)5)50-28-17(2)26-25(18(3)33-24(42)15-39-19(4)34-35-36-39)30(44)40(26)27(28)32(46)49-31(45)20-6-8-21(9-7-20)41(47)48/h6-9,16-18,22-23,25-26H,10-15H2,1-5H3,(H,33,42)/t16-,17-,18-,22+,23+,25?,26?/m1/s1. The Kier molecular flexibility index (Phi) is 9.76. The van der Waals surface area contributed by atoms with Crippen LogP contribution in [0.15, 0.2) is 34.9 Å². The first kappa shape index (κ1) is 35.1. The van der Waals surface area contributed by atoms with Crippen molar-refractivity contribution in [3.63, 3.8) is 0 Å². The van der Waals surface area contributed by atoms with Crippen molar-refractivity contribution in [2.45, 2.75) is 70.5 Å². The molecule has 3 amide bonds. The fourth-order valence-electron chi connectivity index (χ4n) is 7.37. The number of tetrazole rings is 1. The van der Waals surface area contributed by atoms with Crippen LogP contribution in [0.3, 0.4) is 0 Å². The van der Waals surface area contributed by atoms with E-state index in [1.54, 1.807) is 13.8 Å². The smallest absolute Gasteiger partial charge is 0.363 e. The molecule has 266 valence electrons. The number of amides is 3. The van der Waals surface area contributed by atoms with Crippen LogP contribution >= 0.6 is 11.8 Å². The minimum atomic E-state index is -1.02. The zero-order valence-corrected chi connectivity index (χ0v) is 29.2. The monoisotopic (exact) mass is 709 g/mol. The molecule has 2 unspecified atom stereocenters. The number of non-ortho nitro benzene ring substituents is 1. The Balaban J connectivity index is 1.22. The molecule has 50 heavy (non-hydrogen) atoms. The molecular weight excluding hydrogens is 670 g/mol. The molecule has 0 aliphatic carbocycles. The summed E-state index contributed by atoms with van der Waals surface area (Å²) in [5.74, 6) is -2.88. The average molecular weight is 710 g/mol. The first-order valence-electron chi connectivity index (χ1n) is 16.5. The summed E-state index contributed by atoms with van der Waals surface area (Å²) in [6, 6.07) is 3.21. The molecule has 3 saturated heterocycles. The van der Waals surface area contributed by atoms with Crippen LogP contribution in [0.1, 0.15) is 49.8 Å². The predicted molar refractivity (Wildman–Crippen MR) is 177 cm³/mol. The van der Waals surface area contributed by atoms with Crippen LogP contribution in [0.4, 0.5) is 5.69 Å². The number of likely N-dealkylation sites (N-methyl/N-ethyl adjacent to an activating group) is 1. The molecule has 5 heterocycles. The largest absolute Gasteiger partial charge is 0.385 e. The number of likely N-dealkylation sites (tertiary alicyclic amines) is 2. The molecule has 0 saturated carbocycles. The normalized spacial score (nSPS) is 26.9. The Hall–Kier alpha value is -4.71. The Morgan fingerprint density at radius 1 is 1.14 bits per heavy atom. The number of β-lactam (4-membered cyclic amide) rings is 1. The number of rotatable bonds is 10. The van der Waals surface area contributed by atoms with E-state index in [2.05, 4.69) is 27.8 Å². The van der Waals surface area contributed by atoms with Gasteiger partial charge in [-0.05, 0) is 62.2 Å². The number of thioether (sulfide) groups is 1. The number of carbonyl (C=O) groups is 5. The molecule has 0 bridgehead atoms. The molecule has 4 aliphatic rings. The lowest BCUT2D eigenvalue weighted by atomic mass is 9.78. The molecule has 17 nitrogen and oxygen atoms in total. The highest BCUT2D eigenvalue weighted by Crippen LogP contribution is 2.52. The number of ether oxygens (including phenoxy) is 1. The molecular formula is C32H39N9O8S. The summed E-state index contributed by atoms with van der Waals surface area (Å²) in [6.45, 7) is 9.29. The van der Waals surface area contributed by atoms with Gasteiger partial charge in [-0.1, -0.05) is 13.8 Å². The summed E-state index contributed by atoms with van der Waals surface area (Å²) in [6.07, 6.45) is 1.51. The minimum Gasteiger partial charge on any atom is -0.385 e. The fourth-order valence-corrected chi connectivity index (χ4v) is 8.97. The van der Waals surface area contributed by atoms with E-state index in [4.69, 9.17) is 4.74 Å². The van der Waals surface area contributed by atoms with E-state index >= 15 is 0 Å². The van der Waals surface area contributed by atoms with Crippen LogP contribution < -0.4 is 5.32 Å². The van der Waals surface area contributed by atoms with Crippen LogP contribution in [0, 0.1) is 34.8 Å². The van der Waals surface area contributed by atoms with Crippen LogP contribution in [-0.2, 0) is 30.5 Å². The van der Waals surface area contributed by atoms with Gasteiger partial charge in [-0.25, -0.2) is 14.3 Å². The highest BCUT2D eigenvalue weighted by atomic mass is 32.2. The van der Waals surface area contributed by atoms with Crippen LogP contribution in [-0.4, -0.2) is 120 Å². The number of hydrogen-bond donors (Lipinski definition) is 1. The summed E-state index contributed by atoms with van der Waals surface area (Å²) < 4.78 is 6.61. The van der Waals surface area contributed by atoms with Gasteiger partial charge in [-0.15, -0.1) is 16.9 Å². The lowest BCUT2D eigenvalue weighted by Gasteiger charge is -2.47. The third kappa shape index (κ3) is 6.60. The number of aryl methyl sites for hydroxylation is 1. The second-order valence-corrected chi connectivity index (χ2v) is 14.9. The summed E-state index contributed by atoms with van der Waals surface area (Å²) in [4.78, 5) is 83.2. The Morgan fingerprint density at radius 2 is 1.86 bits per heavy atom. The zero-order chi connectivity index (χ0) is 36.0. The van der Waals surface area contributed by atoms with E-state index in [1.807, 2.05) is 23.8 Å². The van der Waals surface area contributed by atoms with Crippen molar-refractivity contribution in [2.75, 3.05) is 26.7 Å². The molecule has 1 N–H and O–H groups in total. The zero-order valence-electron chi connectivity index (χ0n) is 28.3. The van der Waals surface area contributed by atoms with Gasteiger partial charge in [0.1, 0.15) is 18.1 Å². The highest BCUT2D eigenvalue weighted by Gasteiger charge is 2.61. The lowest BCUT2D eigenvalue weighted by Crippen LogP contribution is -2.66.